The quantitative estimate of drug-likeness (QED) is 0.720. The van der Waals surface area contributed by atoms with Crippen molar-refractivity contribution in [3.8, 4) is 5.75 Å². The van der Waals surface area contributed by atoms with E-state index in [1.807, 2.05) is 42.5 Å². The summed E-state index contributed by atoms with van der Waals surface area (Å²) < 4.78 is 6.75. The van der Waals surface area contributed by atoms with Gasteiger partial charge in [0.25, 0.3) is 5.91 Å². The highest BCUT2D eigenvalue weighted by molar-refractivity contribution is 5.84. The molecule has 0 saturated heterocycles. The smallest absolute Gasteiger partial charge is 0.284 e. The molecule has 3 aromatic rings. The first-order chi connectivity index (χ1) is 9.33. The Hall–Kier alpha value is -2.62. The van der Waals surface area contributed by atoms with Crippen LogP contribution in [-0.2, 0) is 0 Å². The number of hydrogen-bond acceptors (Lipinski definition) is 3. The Bertz CT molecular complexity index is 705. The van der Waals surface area contributed by atoms with Gasteiger partial charge < -0.3 is 4.74 Å². The van der Waals surface area contributed by atoms with Crippen LogP contribution in [0.3, 0.4) is 0 Å². The molecule has 0 aliphatic rings. The lowest BCUT2D eigenvalue weighted by Crippen LogP contribution is -2.19. The van der Waals surface area contributed by atoms with E-state index in [2.05, 4.69) is 5.10 Å². The van der Waals surface area contributed by atoms with Crippen LogP contribution in [0.2, 0.25) is 0 Å². The van der Waals surface area contributed by atoms with Gasteiger partial charge in [-0.05, 0) is 29.0 Å². The lowest BCUT2D eigenvalue weighted by atomic mass is 10.1. The number of carbonyl (C=O) groups excluding carboxylic acids is 1. The van der Waals surface area contributed by atoms with Gasteiger partial charge in [0, 0.05) is 12.4 Å². The van der Waals surface area contributed by atoms with E-state index < -0.39 is 0 Å². The first kappa shape index (κ1) is 11.5. The van der Waals surface area contributed by atoms with E-state index in [0.29, 0.717) is 5.75 Å². The molecule has 4 heteroatoms. The van der Waals surface area contributed by atoms with Crippen LogP contribution < -0.4 is 4.74 Å². The van der Waals surface area contributed by atoms with Crippen molar-refractivity contribution in [1.29, 1.82) is 0 Å². The maximum atomic E-state index is 11.7. The highest BCUT2D eigenvalue weighted by Crippen LogP contribution is 2.20. The number of aromatic nitrogens is 2. The maximum Gasteiger partial charge on any atom is 0.284 e. The lowest BCUT2D eigenvalue weighted by molar-refractivity contribution is 0.0821. The van der Waals surface area contributed by atoms with Gasteiger partial charge in [-0.25, -0.2) is 4.68 Å². The number of rotatable bonds is 3. The summed E-state index contributed by atoms with van der Waals surface area (Å²) in [6, 6.07) is 15.5. The summed E-state index contributed by atoms with van der Waals surface area (Å²) in [6.45, 7) is -0.0278. The molecule has 0 spiro atoms. The Kier molecular flexibility index (Phi) is 2.98. The number of hydrogen-bond donors (Lipinski definition) is 0. The second kappa shape index (κ2) is 4.94. The topological polar surface area (TPSA) is 44.1 Å². The predicted octanol–water partition coefficient (Wildman–Crippen LogP) is 2.76. The third-order valence-corrected chi connectivity index (χ3v) is 2.84. The van der Waals surface area contributed by atoms with E-state index in [-0.39, 0.29) is 12.5 Å². The van der Waals surface area contributed by atoms with E-state index in [0.717, 1.165) is 10.8 Å². The zero-order chi connectivity index (χ0) is 13.1. The van der Waals surface area contributed by atoms with Crippen LogP contribution in [0, 0.1) is 0 Å². The van der Waals surface area contributed by atoms with Crippen LogP contribution in [0.4, 0.5) is 0 Å². The van der Waals surface area contributed by atoms with E-state index in [4.69, 9.17) is 4.74 Å². The standard InChI is InChI=1S/C15H12N2O2/c18-15(17-9-3-8-16-17)11-19-14-7-6-12-4-1-2-5-13(12)10-14/h1-10H,11H2. The van der Waals surface area contributed by atoms with Gasteiger partial charge >= 0.3 is 0 Å². The van der Waals surface area contributed by atoms with E-state index in [9.17, 15) is 4.79 Å². The molecule has 0 bridgehead atoms. The average molecular weight is 252 g/mol. The second-order valence-electron chi connectivity index (χ2n) is 4.14. The van der Waals surface area contributed by atoms with E-state index >= 15 is 0 Å². The van der Waals surface area contributed by atoms with Crippen molar-refractivity contribution in [3.05, 3.63) is 60.9 Å². The molecule has 1 aromatic heterocycles. The molecule has 1 heterocycles. The number of carbonyl (C=O) groups is 1. The summed E-state index contributed by atoms with van der Waals surface area (Å²) in [6.07, 6.45) is 3.17. The summed E-state index contributed by atoms with van der Waals surface area (Å²) in [7, 11) is 0. The Morgan fingerprint density at radius 2 is 1.95 bits per heavy atom. The molecule has 0 radical (unpaired) electrons. The van der Waals surface area contributed by atoms with Crippen molar-refractivity contribution < 1.29 is 9.53 Å². The molecular weight excluding hydrogens is 240 g/mol. The predicted molar refractivity (Wildman–Crippen MR) is 72.3 cm³/mol. The van der Waals surface area contributed by atoms with Crippen LogP contribution in [0.15, 0.2) is 60.9 Å². The van der Waals surface area contributed by atoms with Gasteiger partial charge in [0.15, 0.2) is 6.61 Å². The molecular formula is C15H12N2O2. The molecule has 2 aromatic carbocycles. The zero-order valence-corrected chi connectivity index (χ0v) is 10.2. The number of fused-ring (bicyclic) bond motifs is 1. The molecule has 0 N–H and O–H groups in total. The fourth-order valence-corrected chi connectivity index (χ4v) is 1.88. The Morgan fingerprint density at radius 1 is 1.11 bits per heavy atom. The van der Waals surface area contributed by atoms with Crippen LogP contribution in [0.5, 0.6) is 5.75 Å². The lowest BCUT2D eigenvalue weighted by Gasteiger charge is -2.06. The number of benzene rings is 2. The number of ether oxygens (including phenoxy) is 1. The fourth-order valence-electron chi connectivity index (χ4n) is 1.88. The first-order valence-electron chi connectivity index (χ1n) is 5.97. The van der Waals surface area contributed by atoms with Gasteiger partial charge in [0.2, 0.25) is 0 Å². The molecule has 0 amide bonds. The van der Waals surface area contributed by atoms with Gasteiger partial charge in [-0.15, -0.1) is 0 Å². The zero-order valence-electron chi connectivity index (χ0n) is 10.2. The van der Waals surface area contributed by atoms with Crippen molar-refractivity contribution in [2.24, 2.45) is 0 Å². The normalized spacial score (nSPS) is 10.5. The van der Waals surface area contributed by atoms with Gasteiger partial charge in [-0.2, -0.15) is 5.10 Å². The summed E-state index contributed by atoms with van der Waals surface area (Å²) in [5.41, 5.74) is 0. The van der Waals surface area contributed by atoms with Crippen LogP contribution in [0.1, 0.15) is 4.79 Å². The molecule has 0 aliphatic heterocycles. The Labute approximate surface area is 110 Å². The van der Waals surface area contributed by atoms with E-state index in [1.165, 1.54) is 4.68 Å². The van der Waals surface area contributed by atoms with Crippen molar-refractivity contribution >= 4 is 16.7 Å². The van der Waals surface area contributed by atoms with Crippen molar-refractivity contribution in [2.75, 3.05) is 6.61 Å². The van der Waals surface area contributed by atoms with Gasteiger partial charge in [0.05, 0.1) is 0 Å². The second-order valence-corrected chi connectivity index (χ2v) is 4.14. The third-order valence-electron chi connectivity index (χ3n) is 2.84. The molecule has 0 saturated carbocycles. The molecule has 19 heavy (non-hydrogen) atoms. The minimum atomic E-state index is -0.196. The van der Waals surface area contributed by atoms with Crippen molar-refractivity contribution in [3.63, 3.8) is 0 Å². The summed E-state index contributed by atoms with van der Waals surface area (Å²) >= 11 is 0. The highest BCUT2D eigenvalue weighted by atomic mass is 16.5. The largest absolute Gasteiger partial charge is 0.484 e. The average Bonchev–Trinajstić information content (AvgIpc) is 2.99. The van der Waals surface area contributed by atoms with Crippen LogP contribution in [-0.4, -0.2) is 22.3 Å². The SMILES string of the molecule is O=C(COc1ccc2ccccc2c1)n1cccn1. The molecule has 4 nitrogen and oxygen atoms in total. The van der Waals surface area contributed by atoms with Crippen molar-refractivity contribution in [1.82, 2.24) is 9.78 Å². The van der Waals surface area contributed by atoms with Gasteiger partial charge in [-0.3, -0.25) is 4.79 Å². The summed E-state index contributed by atoms with van der Waals surface area (Å²) in [4.78, 5) is 11.7. The molecule has 0 atom stereocenters. The maximum absolute atomic E-state index is 11.7. The number of nitrogens with zero attached hydrogens (tertiary/aromatic N) is 2. The minimum Gasteiger partial charge on any atom is -0.484 e. The summed E-state index contributed by atoms with van der Waals surface area (Å²) in [5, 5.41) is 6.10. The molecule has 94 valence electrons. The molecule has 0 aliphatic carbocycles. The molecule has 0 fully saturated rings. The third kappa shape index (κ3) is 2.47. The molecule has 0 unspecified atom stereocenters. The summed E-state index contributed by atoms with van der Waals surface area (Å²) in [5.74, 6) is 0.484. The van der Waals surface area contributed by atoms with E-state index in [1.54, 1.807) is 18.5 Å². The van der Waals surface area contributed by atoms with Gasteiger partial charge in [0.1, 0.15) is 5.75 Å². The Balaban J connectivity index is 1.73. The highest BCUT2D eigenvalue weighted by Gasteiger charge is 2.05. The Morgan fingerprint density at radius 3 is 2.74 bits per heavy atom. The minimum absolute atomic E-state index is 0.0278. The van der Waals surface area contributed by atoms with Crippen molar-refractivity contribution in [2.45, 2.75) is 0 Å². The van der Waals surface area contributed by atoms with Crippen LogP contribution >= 0.6 is 0 Å². The fraction of sp³-hybridized carbons (Fsp3) is 0.0667. The first-order valence-corrected chi connectivity index (χ1v) is 5.97. The van der Waals surface area contributed by atoms with Crippen LogP contribution in [0.25, 0.3) is 10.8 Å². The molecule has 3 rings (SSSR count). The monoisotopic (exact) mass is 252 g/mol. The van der Waals surface area contributed by atoms with Gasteiger partial charge in [-0.1, -0.05) is 30.3 Å².